The zero-order valence-electron chi connectivity index (χ0n) is 14.3. The topological polar surface area (TPSA) is 92.9 Å². The Morgan fingerprint density at radius 3 is 2.77 bits per heavy atom. The number of benzene rings is 2. The average molecular weight is 350 g/mol. The molecule has 0 aliphatic heterocycles. The number of aromatic nitrogens is 4. The summed E-state index contributed by atoms with van der Waals surface area (Å²) in [7, 11) is 0. The number of aryl methyl sites for hydroxylation is 1. The van der Waals surface area contributed by atoms with E-state index >= 15 is 0 Å². The van der Waals surface area contributed by atoms with Crippen LogP contribution in [-0.4, -0.2) is 24.5 Å². The minimum atomic E-state index is -0.525. The van der Waals surface area contributed by atoms with E-state index in [1.54, 1.807) is 42.5 Å². The monoisotopic (exact) mass is 350 g/mol. The van der Waals surface area contributed by atoms with Gasteiger partial charge in [0, 0.05) is 6.42 Å². The molecule has 7 heteroatoms. The molecule has 0 saturated heterocycles. The van der Waals surface area contributed by atoms with Gasteiger partial charge in [-0.2, -0.15) is 4.73 Å². The van der Waals surface area contributed by atoms with Crippen LogP contribution in [0.25, 0.3) is 27.6 Å². The van der Waals surface area contributed by atoms with Crippen molar-refractivity contribution in [3.63, 3.8) is 0 Å². The van der Waals surface area contributed by atoms with E-state index in [1.165, 1.54) is 0 Å². The minimum Gasteiger partial charge on any atom is -0.427 e. The standard InChI is InChI=1S/C19H18N4O3/c1-2-3-8-17-20-15-10-9-12(11-16(15)23(17)26)22-18(24)13-6-4-5-7-14(13)21-19(22)25/h4-7,9-11,26H,2-3,8H2,1H3,(H,21,25). The largest absolute Gasteiger partial charge is 0.427 e. The molecule has 0 amide bonds. The highest BCUT2D eigenvalue weighted by Crippen LogP contribution is 2.19. The third-order valence-electron chi connectivity index (χ3n) is 4.50. The molecule has 0 aliphatic rings. The van der Waals surface area contributed by atoms with Crippen LogP contribution in [0.3, 0.4) is 0 Å². The van der Waals surface area contributed by atoms with Gasteiger partial charge < -0.3 is 10.2 Å². The van der Waals surface area contributed by atoms with E-state index in [0.29, 0.717) is 39.9 Å². The quantitative estimate of drug-likeness (QED) is 0.553. The fourth-order valence-electron chi connectivity index (χ4n) is 3.13. The maximum Gasteiger partial charge on any atom is 0.333 e. The lowest BCUT2D eigenvalue weighted by Crippen LogP contribution is -2.33. The Labute approximate surface area is 148 Å². The number of imidazole rings is 1. The van der Waals surface area contributed by atoms with E-state index in [-0.39, 0.29) is 0 Å². The molecule has 0 bridgehead atoms. The fraction of sp³-hybridized carbons (Fsp3) is 0.211. The van der Waals surface area contributed by atoms with Gasteiger partial charge in [-0.1, -0.05) is 25.5 Å². The molecule has 0 fully saturated rings. The van der Waals surface area contributed by atoms with Crippen molar-refractivity contribution in [1.82, 2.24) is 19.3 Å². The number of rotatable bonds is 4. The number of fused-ring (bicyclic) bond motifs is 2. The summed E-state index contributed by atoms with van der Waals surface area (Å²) in [5, 5.41) is 10.8. The molecule has 0 unspecified atom stereocenters. The number of unbranched alkanes of at least 4 members (excludes halogenated alkanes) is 1. The van der Waals surface area contributed by atoms with Crippen molar-refractivity contribution in [2.75, 3.05) is 0 Å². The molecule has 0 spiro atoms. The summed E-state index contributed by atoms with van der Waals surface area (Å²) in [6.07, 6.45) is 2.57. The van der Waals surface area contributed by atoms with Crippen LogP contribution in [0.1, 0.15) is 25.6 Å². The second kappa shape index (κ2) is 6.18. The van der Waals surface area contributed by atoms with E-state index in [1.807, 2.05) is 0 Å². The predicted octanol–water partition coefficient (Wildman–Crippen LogP) is 2.61. The predicted molar refractivity (Wildman–Crippen MR) is 99.3 cm³/mol. The van der Waals surface area contributed by atoms with Gasteiger partial charge in [-0.25, -0.2) is 14.3 Å². The summed E-state index contributed by atoms with van der Waals surface area (Å²) in [4.78, 5) is 32.4. The van der Waals surface area contributed by atoms with Gasteiger partial charge in [0.1, 0.15) is 11.3 Å². The Morgan fingerprint density at radius 1 is 1.15 bits per heavy atom. The van der Waals surface area contributed by atoms with Crippen LogP contribution >= 0.6 is 0 Å². The highest BCUT2D eigenvalue weighted by molar-refractivity contribution is 5.80. The highest BCUT2D eigenvalue weighted by Gasteiger charge is 2.14. The lowest BCUT2D eigenvalue weighted by Gasteiger charge is -2.07. The number of aromatic amines is 1. The average Bonchev–Trinajstić information content (AvgIpc) is 2.96. The van der Waals surface area contributed by atoms with Gasteiger partial charge in [-0.3, -0.25) is 4.79 Å². The number of H-pyrrole nitrogens is 1. The van der Waals surface area contributed by atoms with E-state index in [9.17, 15) is 14.8 Å². The molecule has 0 radical (unpaired) electrons. The summed E-state index contributed by atoms with van der Waals surface area (Å²) < 4.78 is 2.11. The Morgan fingerprint density at radius 2 is 1.96 bits per heavy atom. The van der Waals surface area contributed by atoms with E-state index in [0.717, 1.165) is 22.1 Å². The number of hydrogen-bond acceptors (Lipinski definition) is 4. The number of para-hydroxylation sites is 1. The molecule has 0 saturated carbocycles. The number of nitrogens with zero attached hydrogens (tertiary/aromatic N) is 3. The molecule has 4 rings (SSSR count). The first-order valence-electron chi connectivity index (χ1n) is 8.55. The Hall–Kier alpha value is -3.35. The molecule has 2 heterocycles. The fourth-order valence-corrected chi connectivity index (χ4v) is 3.13. The van der Waals surface area contributed by atoms with Gasteiger partial charge in [0.05, 0.1) is 22.1 Å². The van der Waals surface area contributed by atoms with Crippen molar-refractivity contribution in [3.8, 4) is 5.69 Å². The zero-order valence-corrected chi connectivity index (χ0v) is 14.3. The molecular weight excluding hydrogens is 332 g/mol. The number of nitrogens with one attached hydrogen (secondary N) is 1. The van der Waals surface area contributed by atoms with Gasteiger partial charge in [-0.05, 0) is 36.8 Å². The van der Waals surface area contributed by atoms with Gasteiger partial charge >= 0.3 is 5.69 Å². The molecule has 4 aromatic rings. The third kappa shape index (κ3) is 2.48. The van der Waals surface area contributed by atoms with Crippen molar-refractivity contribution in [3.05, 3.63) is 69.1 Å². The molecule has 7 nitrogen and oxygen atoms in total. The van der Waals surface area contributed by atoms with Crippen LogP contribution in [0.5, 0.6) is 0 Å². The molecule has 132 valence electrons. The molecule has 2 aromatic carbocycles. The maximum atomic E-state index is 12.8. The minimum absolute atomic E-state index is 0.381. The van der Waals surface area contributed by atoms with Crippen LogP contribution < -0.4 is 11.2 Å². The first-order chi connectivity index (χ1) is 12.6. The van der Waals surface area contributed by atoms with Crippen LogP contribution in [0.2, 0.25) is 0 Å². The first kappa shape index (κ1) is 16.1. The molecule has 0 aliphatic carbocycles. The van der Waals surface area contributed by atoms with Gasteiger partial charge in [0.2, 0.25) is 0 Å². The van der Waals surface area contributed by atoms with Gasteiger partial charge in [0.15, 0.2) is 0 Å². The smallest absolute Gasteiger partial charge is 0.333 e. The lowest BCUT2D eigenvalue weighted by molar-refractivity contribution is 0.187. The lowest BCUT2D eigenvalue weighted by atomic mass is 10.2. The molecule has 0 atom stereocenters. The van der Waals surface area contributed by atoms with Crippen molar-refractivity contribution in [1.29, 1.82) is 0 Å². The van der Waals surface area contributed by atoms with Crippen LogP contribution in [-0.2, 0) is 6.42 Å². The van der Waals surface area contributed by atoms with Crippen LogP contribution in [0.15, 0.2) is 52.1 Å². The Balaban J connectivity index is 1.92. The van der Waals surface area contributed by atoms with Crippen LogP contribution in [0.4, 0.5) is 0 Å². The second-order valence-corrected chi connectivity index (χ2v) is 6.23. The molecule has 26 heavy (non-hydrogen) atoms. The third-order valence-corrected chi connectivity index (χ3v) is 4.50. The van der Waals surface area contributed by atoms with E-state index < -0.39 is 11.2 Å². The Bertz CT molecular complexity index is 1230. The van der Waals surface area contributed by atoms with Gasteiger partial charge in [-0.15, -0.1) is 0 Å². The van der Waals surface area contributed by atoms with Crippen molar-refractivity contribution < 1.29 is 5.21 Å². The summed E-state index contributed by atoms with van der Waals surface area (Å²) in [5.74, 6) is 0.568. The van der Waals surface area contributed by atoms with Crippen LogP contribution in [0, 0.1) is 0 Å². The molecular formula is C19H18N4O3. The summed E-state index contributed by atoms with van der Waals surface area (Å²) >= 11 is 0. The van der Waals surface area contributed by atoms with Crippen molar-refractivity contribution in [2.45, 2.75) is 26.2 Å². The van der Waals surface area contributed by atoms with Crippen molar-refractivity contribution >= 4 is 21.9 Å². The summed E-state index contributed by atoms with van der Waals surface area (Å²) in [5.41, 5.74) is 1.03. The molecule has 2 aromatic heterocycles. The molecule has 2 N–H and O–H groups in total. The maximum absolute atomic E-state index is 12.8. The van der Waals surface area contributed by atoms with Gasteiger partial charge in [0.25, 0.3) is 5.56 Å². The van der Waals surface area contributed by atoms with E-state index in [2.05, 4.69) is 16.9 Å². The summed E-state index contributed by atoms with van der Waals surface area (Å²) in [6.45, 7) is 2.07. The summed E-state index contributed by atoms with van der Waals surface area (Å²) in [6, 6.07) is 11.8. The first-order valence-corrected chi connectivity index (χ1v) is 8.55. The SMILES string of the molecule is CCCCc1nc2ccc(-n3c(=O)[nH]c4ccccc4c3=O)cc2n1O. The second-order valence-electron chi connectivity index (χ2n) is 6.23. The Kier molecular flexibility index (Phi) is 3.84. The normalized spacial score (nSPS) is 11.4. The zero-order chi connectivity index (χ0) is 18.3. The van der Waals surface area contributed by atoms with Crippen molar-refractivity contribution in [2.24, 2.45) is 0 Å². The number of hydrogen-bond donors (Lipinski definition) is 2. The van der Waals surface area contributed by atoms with E-state index in [4.69, 9.17) is 0 Å². The highest BCUT2D eigenvalue weighted by atomic mass is 16.5.